The van der Waals surface area contributed by atoms with Gasteiger partial charge in [-0.2, -0.15) is 0 Å². The molecule has 0 aromatic heterocycles. The van der Waals surface area contributed by atoms with Crippen LogP contribution in [0.3, 0.4) is 0 Å². The smallest absolute Gasteiger partial charge is 0.123 e. The van der Waals surface area contributed by atoms with Crippen LogP contribution in [0.25, 0.3) is 0 Å². The molecule has 0 saturated heterocycles. The molecule has 1 aliphatic rings. The zero-order valence-electron chi connectivity index (χ0n) is 12.1. The Morgan fingerprint density at radius 2 is 1.95 bits per heavy atom. The van der Waals surface area contributed by atoms with E-state index in [9.17, 15) is 0 Å². The van der Waals surface area contributed by atoms with E-state index in [1.807, 2.05) is 42.5 Å². The summed E-state index contributed by atoms with van der Waals surface area (Å²) in [6.07, 6.45) is 0.934. The van der Waals surface area contributed by atoms with Gasteiger partial charge in [-0.25, -0.2) is 0 Å². The lowest BCUT2D eigenvalue weighted by Crippen LogP contribution is -2.38. The fraction of sp³-hybridized carbons (Fsp3) is 0.294. The number of fused-ring (bicyclic) bond motifs is 1. The summed E-state index contributed by atoms with van der Waals surface area (Å²) in [6.45, 7) is 0.643. The fourth-order valence-electron chi connectivity index (χ4n) is 2.97. The zero-order chi connectivity index (χ0) is 14.7. The Balaban J connectivity index is 1.88. The van der Waals surface area contributed by atoms with Crippen LogP contribution in [0.4, 0.5) is 0 Å². The first-order valence-corrected chi connectivity index (χ1v) is 7.13. The van der Waals surface area contributed by atoms with Gasteiger partial charge < -0.3 is 9.47 Å². The number of benzene rings is 2. The van der Waals surface area contributed by atoms with Gasteiger partial charge in [-0.15, -0.1) is 0 Å². The second-order valence-electron chi connectivity index (χ2n) is 5.27. The topological polar surface area (TPSA) is 56.5 Å². The molecule has 2 aromatic rings. The highest BCUT2D eigenvalue weighted by Crippen LogP contribution is 2.36. The van der Waals surface area contributed by atoms with E-state index in [1.54, 1.807) is 7.11 Å². The van der Waals surface area contributed by atoms with Crippen LogP contribution in [0.5, 0.6) is 11.5 Å². The third-order valence-electron chi connectivity index (χ3n) is 4.03. The van der Waals surface area contributed by atoms with E-state index < -0.39 is 0 Å². The Labute approximate surface area is 124 Å². The highest BCUT2D eigenvalue weighted by atomic mass is 16.5. The minimum absolute atomic E-state index is 0.00509. The molecular weight excluding hydrogens is 264 g/mol. The zero-order valence-corrected chi connectivity index (χ0v) is 12.1. The minimum Gasteiger partial charge on any atom is -0.496 e. The van der Waals surface area contributed by atoms with Gasteiger partial charge in [-0.1, -0.05) is 36.4 Å². The van der Waals surface area contributed by atoms with E-state index in [4.69, 9.17) is 15.3 Å². The van der Waals surface area contributed by atoms with Crippen LogP contribution < -0.4 is 20.7 Å². The number of methoxy groups -OCH3 is 1. The molecular formula is C17H20N2O2. The summed E-state index contributed by atoms with van der Waals surface area (Å²) in [5, 5.41) is 0. The second-order valence-corrected chi connectivity index (χ2v) is 5.27. The van der Waals surface area contributed by atoms with Crippen LogP contribution >= 0.6 is 0 Å². The summed E-state index contributed by atoms with van der Waals surface area (Å²) in [7, 11) is 1.68. The van der Waals surface area contributed by atoms with Crippen molar-refractivity contribution >= 4 is 0 Å². The van der Waals surface area contributed by atoms with Gasteiger partial charge in [0.1, 0.15) is 11.5 Å². The Morgan fingerprint density at radius 1 is 1.19 bits per heavy atom. The fourth-order valence-corrected chi connectivity index (χ4v) is 2.97. The molecule has 2 unspecified atom stereocenters. The number of para-hydroxylation sites is 2. The van der Waals surface area contributed by atoms with Crippen molar-refractivity contribution in [3.05, 3.63) is 59.7 Å². The van der Waals surface area contributed by atoms with Gasteiger partial charge in [-0.05, 0) is 24.1 Å². The molecule has 3 N–H and O–H groups in total. The molecule has 0 radical (unpaired) electrons. The third kappa shape index (κ3) is 2.73. The summed E-state index contributed by atoms with van der Waals surface area (Å²) >= 11 is 0. The highest BCUT2D eigenvalue weighted by molar-refractivity contribution is 5.39. The molecule has 3 rings (SSSR count). The lowest BCUT2D eigenvalue weighted by Gasteiger charge is -2.32. The third-order valence-corrected chi connectivity index (χ3v) is 4.03. The minimum atomic E-state index is -0.00509. The van der Waals surface area contributed by atoms with Crippen molar-refractivity contribution < 1.29 is 9.47 Å². The van der Waals surface area contributed by atoms with Crippen LogP contribution in [0.1, 0.15) is 17.2 Å². The Hall–Kier alpha value is -2.04. The van der Waals surface area contributed by atoms with Crippen molar-refractivity contribution in [1.29, 1.82) is 0 Å². The normalized spacial score (nSPS) is 18.5. The number of hydrogen-bond acceptors (Lipinski definition) is 4. The highest BCUT2D eigenvalue weighted by Gasteiger charge is 2.29. The molecule has 0 saturated carbocycles. The lowest BCUT2D eigenvalue weighted by atomic mass is 9.86. The van der Waals surface area contributed by atoms with Crippen molar-refractivity contribution in [3.63, 3.8) is 0 Å². The molecule has 4 nitrogen and oxygen atoms in total. The average Bonchev–Trinajstić information content (AvgIpc) is 2.56. The number of hydrazine groups is 1. The Bertz CT molecular complexity index is 615. The maximum Gasteiger partial charge on any atom is 0.123 e. The quantitative estimate of drug-likeness (QED) is 0.669. The van der Waals surface area contributed by atoms with E-state index in [-0.39, 0.29) is 12.0 Å². The van der Waals surface area contributed by atoms with Gasteiger partial charge in [0.05, 0.1) is 19.8 Å². The van der Waals surface area contributed by atoms with E-state index in [1.165, 1.54) is 5.56 Å². The molecule has 1 aliphatic heterocycles. The van der Waals surface area contributed by atoms with Gasteiger partial charge in [0.2, 0.25) is 0 Å². The summed E-state index contributed by atoms with van der Waals surface area (Å²) in [4.78, 5) is 0. The molecule has 0 spiro atoms. The van der Waals surface area contributed by atoms with E-state index in [0.29, 0.717) is 6.61 Å². The summed E-state index contributed by atoms with van der Waals surface area (Å²) in [5.74, 6) is 7.91. The molecule has 1 heterocycles. The molecule has 2 atom stereocenters. The van der Waals surface area contributed by atoms with Crippen LogP contribution in [-0.4, -0.2) is 13.7 Å². The molecule has 110 valence electrons. The SMILES string of the molecule is COc1ccccc1C(NN)C1COc2ccccc2C1. The molecule has 21 heavy (non-hydrogen) atoms. The standard InChI is InChI=1S/C17H20N2O2/c1-20-16-9-5-3-7-14(16)17(19-18)13-10-12-6-2-4-8-15(12)21-11-13/h2-9,13,17,19H,10-11,18H2,1H3. The molecule has 0 amide bonds. The number of hydrogen-bond donors (Lipinski definition) is 2. The van der Waals surface area contributed by atoms with Crippen molar-refractivity contribution in [2.24, 2.45) is 11.8 Å². The number of nitrogens with one attached hydrogen (secondary N) is 1. The predicted molar refractivity (Wildman–Crippen MR) is 82.2 cm³/mol. The van der Waals surface area contributed by atoms with Crippen LogP contribution in [0.15, 0.2) is 48.5 Å². The molecule has 0 fully saturated rings. The Kier molecular flexibility index (Phi) is 4.08. The second kappa shape index (κ2) is 6.16. The first-order valence-electron chi connectivity index (χ1n) is 7.13. The molecule has 0 bridgehead atoms. The van der Waals surface area contributed by atoms with Gasteiger partial charge in [0.15, 0.2) is 0 Å². The maximum atomic E-state index is 5.88. The van der Waals surface area contributed by atoms with Gasteiger partial charge in [0, 0.05) is 11.5 Å². The van der Waals surface area contributed by atoms with Gasteiger partial charge >= 0.3 is 0 Å². The van der Waals surface area contributed by atoms with Crippen molar-refractivity contribution in [2.45, 2.75) is 12.5 Å². The first kappa shape index (κ1) is 13.9. The van der Waals surface area contributed by atoms with E-state index >= 15 is 0 Å². The lowest BCUT2D eigenvalue weighted by molar-refractivity contribution is 0.183. The van der Waals surface area contributed by atoms with Crippen molar-refractivity contribution in [2.75, 3.05) is 13.7 Å². The molecule has 0 aliphatic carbocycles. The van der Waals surface area contributed by atoms with Gasteiger partial charge in [-0.3, -0.25) is 11.3 Å². The molecule has 2 aromatic carbocycles. The first-order chi connectivity index (χ1) is 10.3. The van der Waals surface area contributed by atoms with Crippen LogP contribution in [0, 0.1) is 5.92 Å². The monoisotopic (exact) mass is 284 g/mol. The number of rotatable bonds is 4. The number of ether oxygens (including phenoxy) is 2. The summed E-state index contributed by atoms with van der Waals surface area (Å²) in [5.41, 5.74) is 5.22. The molecule has 4 heteroatoms. The summed E-state index contributed by atoms with van der Waals surface area (Å²) in [6, 6.07) is 16.1. The van der Waals surface area contributed by atoms with Gasteiger partial charge in [0.25, 0.3) is 0 Å². The van der Waals surface area contributed by atoms with Crippen molar-refractivity contribution in [1.82, 2.24) is 5.43 Å². The van der Waals surface area contributed by atoms with Crippen LogP contribution in [0.2, 0.25) is 0 Å². The van der Waals surface area contributed by atoms with E-state index in [2.05, 4.69) is 11.5 Å². The van der Waals surface area contributed by atoms with E-state index in [0.717, 1.165) is 23.5 Å². The Morgan fingerprint density at radius 3 is 2.76 bits per heavy atom. The average molecular weight is 284 g/mol. The largest absolute Gasteiger partial charge is 0.496 e. The maximum absolute atomic E-state index is 5.88. The van der Waals surface area contributed by atoms with Crippen LogP contribution in [-0.2, 0) is 6.42 Å². The summed E-state index contributed by atoms with van der Waals surface area (Å²) < 4.78 is 11.3. The number of nitrogens with two attached hydrogens (primary N) is 1. The van der Waals surface area contributed by atoms with Crippen molar-refractivity contribution in [3.8, 4) is 11.5 Å². The predicted octanol–water partition coefficient (Wildman–Crippen LogP) is 2.45.